The number of fused-ring (bicyclic) bond motifs is 4. The number of aromatic hydroxyl groups is 2. The Hall–Kier alpha value is -5.72. The maximum Gasteiger partial charge on any atom is 0.260 e. The quantitative estimate of drug-likeness (QED) is 0.117. The van der Waals surface area contributed by atoms with E-state index in [2.05, 4.69) is 5.43 Å². The molecule has 6 atom stereocenters. The van der Waals surface area contributed by atoms with E-state index in [9.17, 15) is 19.8 Å². The highest BCUT2D eigenvalue weighted by molar-refractivity contribution is 6.36. The molecule has 2 aliphatic carbocycles. The van der Waals surface area contributed by atoms with E-state index < -0.39 is 46.8 Å². The standard InChI is InChI=1S/C43H39Cl2N3O9/c1-55-27-11-6-24(7-12-27)43-31(40(52)48(42(43)54)46-33-15-8-25(44)20-32(33)45)21-30-28(37(43)23-18-34(56-2)38(50)35(19-23)57-3)13-14-29-36(30)41(53)47(39(29)51)17-16-22-4-9-26(49)10-5-22/h4-13,15,18-20,29-31,36-37,46,49-50H,14,16-17,21H2,1-3H3. The molecule has 4 aromatic rings. The first-order valence-corrected chi connectivity index (χ1v) is 19.2. The molecule has 0 bridgehead atoms. The van der Waals surface area contributed by atoms with Crippen molar-refractivity contribution in [2.45, 2.75) is 30.6 Å². The van der Waals surface area contributed by atoms with E-state index in [1.807, 2.05) is 6.08 Å². The van der Waals surface area contributed by atoms with Crippen LogP contribution >= 0.6 is 23.2 Å². The summed E-state index contributed by atoms with van der Waals surface area (Å²) in [5, 5.41) is 22.3. The Morgan fingerprint density at radius 2 is 1.49 bits per heavy atom. The van der Waals surface area contributed by atoms with Crippen molar-refractivity contribution < 1.29 is 43.6 Å². The molecule has 294 valence electrons. The topological polar surface area (TPSA) is 155 Å². The molecule has 2 saturated heterocycles. The number of benzene rings is 4. The van der Waals surface area contributed by atoms with E-state index in [1.54, 1.807) is 72.8 Å². The van der Waals surface area contributed by atoms with Crippen LogP contribution in [0.15, 0.2) is 90.5 Å². The first kappa shape index (κ1) is 38.2. The summed E-state index contributed by atoms with van der Waals surface area (Å²) in [7, 11) is 4.33. The van der Waals surface area contributed by atoms with E-state index in [-0.39, 0.29) is 64.9 Å². The monoisotopic (exact) mass is 811 g/mol. The Morgan fingerprint density at radius 1 is 0.807 bits per heavy atom. The number of nitrogens with one attached hydrogen (secondary N) is 1. The Bertz CT molecular complexity index is 2310. The van der Waals surface area contributed by atoms with Crippen molar-refractivity contribution in [2.24, 2.45) is 23.7 Å². The molecule has 0 spiro atoms. The number of carbonyl (C=O) groups is 4. The highest BCUT2D eigenvalue weighted by Crippen LogP contribution is 2.65. The van der Waals surface area contributed by atoms with Crippen LogP contribution in [0.5, 0.6) is 28.7 Å². The van der Waals surface area contributed by atoms with Crippen LogP contribution < -0.4 is 19.6 Å². The number of halogens is 2. The van der Waals surface area contributed by atoms with Gasteiger partial charge in [-0.25, -0.2) is 0 Å². The maximum atomic E-state index is 15.5. The molecule has 14 heteroatoms. The fourth-order valence-electron chi connectivity index (χ4n) is 9.49. The van der Waals surface area contributed by atoms with Crippen molar-refractivity contribution in [3.63, 3.8) is 0 Å². The molecule has 6 unspecified atom stereocenters. The molecule has 8 rings (SSSR count). The van der Waals surface area contributed by atoms with E-state index in [0.29, 0.717) is 33.9 Å². The van der Waals surface area contributed by atoms with E-state index in [0.717, 1.165) is 10.6 Å². The van der Waals surface area contributed by atoms with Crippen molar-refractivity contribution in [2.75, 3.05) is 33.3 Å². The lowest BCUT2D eigenvalue weighted by Gasteiger charge is -2.50. The van der Waals surface area contributed by atoms with Crippen LogP contribution in [0.1, 0.15) is 35.4 Å². The molecule has 2 heterocycles. The largest absolute Gasteiger partial charge is 0.508 e. The van der Waals surface area contributed by atoms with E-state index in [4.69, 9.17) is 37.4 Å². The highest BCUT2D eigenvalue weighted by Gasteiger charge is 2.70. The normalized spacial score (nSPS) is 25.1. The van der Waals surface area contributed by atoms with Gasteiger partial charge in [-0.2, -0.15) is 5.01 Å². The predicted molar refractivity (Wildman–Crippen MR) is 210 cm³/mol. The number of hydrogen-bond donors (Lipinski definition) is 3. The SMILES string of the molecule is COc1ccc(C23C(=O)N(Nc4ccc(Cl)cc4Cl)C(=O)C2CC2C(=CCC4C(=O)N(CCc5ccc(O)cc5)C(=O)C42)C3c2cc(OC)c(O)c(OC)c2)cc1. The van der Waals surface area contributed by atoms with Gasteiger partial charge in [0.2, 0.25) is 17.6 Å². The summed E-state index contributed by atoms with van der Waals surface area (Å²) in [5.74, 6) is -5.26. The number of hydrazine groups is 1. The van der Waals surface area contributed by atoms with E-state index >= 15 is 9.59 Å². The zero-order chi connectivity index (χ0) is 40.3. The molecule has 4 amide bonds. The molecule has 4 aliphatic rings. The molecular weight excluding hydrogens is 773 g/mol. The number of ether oxygens (including phenoxy) is 3. The van der Waals surface area contributed by atoms with Gasteiger partial charge in [0.15, 0.2) is 11.5 Å². The second-order valence-corrected chi connectivity index (χ2v) is 15.6. The number of hydrogen-bond acceptors (Lipinski definition) is 10. The van der Waals surface area contributed by atoms with Crippen molar-refractivity contribution in [1.29, 1.82) is 0 Å². The fraction of sp³-hybridized carbons (Fsp3) is 0.302. The summed E-state index contributed by atoms with van der Waals surface area (Å²) < 4.78 is 16.7. The Kier molecular flexibility index (Phi) is 9.81. The minimum absolute atomic E-state index is 0.0732. The van der Waals surface area contributed by atoms with Gasteiger partial charge in [0, 0.05) is 17.5 Å². The molecule has 3 N–H and O–H groups in total. The smallest absolute Gasteiger partial charge is 0.260 e. The number of phenols is 2. The number of imide groups is 2. The van der Waals surface area contributed by atoms with Crippen LogP contribution in [-0.4, -0.2) is 71.6 Å². The number of nitrogens with zero attached hydrogens (tertiary/aromatic N) is 2. The lowest BCUT2D eigenvalue weighted by Crippen LogP contribution is -2.53. The van der Waals surface area contributed by atoms with Crippen LogP contribution in [-0.2, 0) is 31.0 Å². The lowest BCUT2D eigenvalue weighted by molar-refractivity contribution is -0.141. The fourth-order valence-corrected chi connectivity index (χ4v) is 9.94. The third kappa shape index (κ3) is 6.04. The van der Waals surface area contributed by atoms with Gasteiger partial charge >= 0.3 is 0 Å². The minimum atomic E-state index is -1.62. The average molecular weight is 813 g/mol. The zero-order valence-corrected chi connectivity index (χ0v) is 32.7. The van der Waals surface area contributed by atoms with Crippen molar-refractivity contribution in [1.82, 2.24) is 9.91 Å². The molecule has 4 aromatic carbocycles. The summed E-state index contributed by atoms with van der Waals surface area (Å²) >= 11 is 12.8. The van der Waals surface area contributed by atoms with Gasteiger partial charge in [-0.1, -0.05) is 59.1 Å². The third-order valence-corrected chi connectivity index (χ3v) is 12.6. The second-order valence-electron chi connectivity index (χ2n) is 14.7. The van der Waals surface area contributed by atoms with Gasteiger partial charge in [-0.3, -0.25) is 29.5 Å². The molecule has 12 nitrogen and oxygen atoms in total. The van der Waals surface area contributed by atoms with Gasteiger partial charge < -0.3 is 24.4 Å². The van der Waals surface area contributed by atoms with Gasteiger partial charge in [-0.15, -0.1) is 0 Å². The number of carbonyl (C=O) groups excluding carboxylic acids is 4. The Balaban J connectivity index is 1.30. The maximum absolute atomic E-state index is 15.5. The predicted octanol–water partition coefficient (Wildman–Crippen LogP) is 6.66. The number of phenolic OH excluding ortho intramolecular Hbond substituents is 2. The van der Waals surface area contributed by atoms with Gasteiger partial charge in [0.05, 0.1) is 55.2 Å². The zero-order valence-electron chi connectivity index (χ0n) is 31.2. The first-order chi connectivity index (χ1) is 27.4. The third-order valence-electron chi connectivity index (χ3n) is 12.1. The summed E-state index contributed by atoms with van der Waals surface area (Å²) in [5.41, 5.74) is 4.20. The van der Waals surface area contributed by atoms with Gasteiger partial charge in [0.1, 0.15) is 11.5 Å². The average Bonchev–Trinajstić information content (AvgIpc) is 3.58. The number of rotatable bonds is 10. The number of amides is 4. The van der Waals surface area contributed by atoms with E-state index in [1.165, 1.54) is 32.3 Å². The molecular formula is C43H39Cl2N3O9. The van der Waals surface area contributed by atoms with Crippen LogP contribution in [0, 0.1) is 23.7 Å². The number of likely N-dealkylation sites (tertiary alicyclic amines) is 1. The number of allylic oxidation sites excluding steroid dienone is 2. The molecule has 2 aliphatic heterocycles. The van der Waals surface area contributed by atoms with Crippen LogP contribution in [0.4, 0.5) is 5.69 Å². The lowest BCUT2D eigenvalue weighted by atomic mass is 9.49. The van der Waals surface area contributed by atoms with Gasteiger partial charge in [0.25, 0.3) is 11.8 Å². The minimum Gasteiger partial charge on any atom is -0.508 e. The molecule has 0 radical (unpaired) electrons. The highest BCUT2D eigenvalue weighted by atomic mass is 35.5. The second kappa shape index (κ2) is 14.7. The van der Waals surface area contributed by atoms with Crippen LogP contribution in [0.2, 0.25) is 10.0 Å². The number of anilines is 1. The molecule has 1 saturated carbocycles. The summed E-state index contributed by atoms with van der Waals surface area (Å²) in [6, 6.07) is 21.5. The van der Waals surface area contributed by atoms with Crippen LogP contribution in [0.3, 0.4) is 0 Å². The Labute approximate surface area is 338 Å². The van der Waals surface area contributed by atoms with Gasteiger partial charge in [-0.05, 0) is 96.5 Å². The van der Waals surface area contributed by atoms with Crippen molar-refractivity contribution in [3.8, 4) is 28.7 Å². The first-order valence-electron chi connectivity index (χ1n) is 18.4. The molecule has 0 aromatic heterocycles. The summed E-state index contributed by atoms with van der Waals surface area (Å²) in [6.45, 7) is 0.142. The Morgan fingerprint density at radius 3 is 2.12 bits per heavy atom. The van der Waals surface area contributed by atoms with Crippen LogP contribution in [0.25, 0.3) is 0 Å². The van der Waals surface area contributed by atoms with Crippen molar-refractivity contribution in [3.05, 3.63) is 117 Å². The molecule has 57 heavy (non-hydrogen) atoms. The number of methoxy groups -OCH3 is 3. The summed E-state index contributed by atoms with van der Waals surface area (Å²) in [6.07, 6.45) is 2.64. The van der Waals surface area contributed by atoms with Crippen molar-refractivity contribution >= 4 is 52.5 Å². The summed E-state index contributed by atoms with van der Waals surface area (Å²) in [4.78, 5) is 60.5. The molecule has 3 fully saturated rings.